The van der Waals surface area contributed by atoms with Gasteiger partial charge in [0.1, 0.15) is 11.5 Å². The van der Waals surface area contributed by atoms with E-state index in [9.17, 15) is 14.7 Å². The molecule has 2 N–H and O–H groups in total. The molecular weight excluding hydrogens is 298 g/mol. The molecule has 0 aromatic heterocycles. The zero-order valence-electron chi connectivity index (χ0n) is 13.3. The van der Waals surface area contributed by atoms with Crippen LogP contribution in [0.3, 0.4) is 0 Å². The largest absolute Gasteiger partial charge is 0.497 e. The first-order valence-corrected chi connectivity index (χ1v) is 7.83. The van der Waals surface area contributed by atoms with Crippen LogP contribution in [0.4, 0.5) is 0 Å². The van der Waals surface area contributed by atoms with Crippen LogP contribution >= 0.6 is 0 Å². The molecule has 1 aromatic rings. The summed E-state index contributed by atoms with van der Waals surface area (Å²) in [6.45, 7) is 0.0230. The summed E-state index contributed by atoms with van der Waals surface area (Å²) in [5.74, 6) is 0.134. The fraction of sp³-hybridized carbons (Fsp3) is 0.529. The van der Waals surface area contributed by atoms with Gasteiger partial charge in [-0.25, -0.2) is 0 Å². The topological polar surface area (TPSA) is 84.9 Å². The summed E-state index contributed by atoms with van der Waals surface area (Å²) in [7, 11) is 1.58. The maximum absolute atomic E-state index is 11.9. The van der Waals surface area contributed by atoms with Crippen LogP contribution in [-0.4, -0.2) is 37.2 Å². The first-order chi connectivity index (χ1) is 11.1. The van der Waals surface area contributed by atoms with E-state index in [0.717, 1.165) is 19.3 Å². The Kier molecular flexibility index (Phi) is 5.84. The van der Waals surface area contributed by atoms with Gasteiger partial charge in [0.2, 0.25) is 0 Å². The van der Waals surface area contributed by atoms with E-state index in [0.29, 0.717) is 24.3 Å². The number of amides is 1. The van der Waals surface area contributed by atoms with Gasteiger partial charge in [-0.15, -0.1) is 0 Å². The molecule has 1 aliphatic rings. The number of carboxylic acid groups (broad SMARTS) is 1. The first-order valence-electron chi connectivity index (χ1n) is 7.83. The molecule has 0 saturated heterocycles. The summed E-state index contributed by atoms with van der Waals surface area (Å²) in [6, 6.07) is 6.92. The molecule has 0 aliphatic heterocycles. The van der Waals surface area contributed by atoms with Crippen molar-refractivity contribution in [1.29, 1.82) is 0 Å². The molecule has 6 heteroatoms. The number of aliphatic carboxylic acids is 1. The van der Waals surface area contributed by atoms with Crippen molar-refractivity contribution in [3.05, 3.63) is 24.3 Å². The predicted octanol–water partition coefficient (Wildman–Crippen LogP) is 2.23. The summed E-state index contributed by atoms with van der Waals surface area (Å²) in [6.07, 6.45) is 4.07. The van der Waals surface area contributed by atoms with Gasteiger partial charge < -0.3 is 19.9 Å². The van der Waals surface area contributed by atoms with Crippen molar-refractivity contribution in [1.82, 2.24) is 5.32 Å². The van der Waals surface area contributed by atoms with E-state index in [4.69, 9.17) is 9.47 Å². The summed E-state index contributed by atoms with van der Waals surface area (Å²) < 4.78 is 10.4. The lowest BCUT2D eigenvalue weighted by atomic mass is 9.74. The third kappa shape index (κ3) is 4.61. The molecule has 1 saturated carbocycles. The standard InChI is InChI=1S/C17H23NO5/c1-22-13-5-7-14(8-6-13)23-11-15(19)18-12-17(16(20)21)9-3-2-4-10-17/h5-8H,2-4,9-12H2,1H3,(H,18,19)(H,20,21). The fourth-order valence-electron chi connectivity index (χ4n) is 2.83. The third-order valence-corrected chi connectivity index (χ3v) is 4.32. The van der Waals surface area contributed by atoms with Gasteiger partial charge in [0.15, 0.2) is 6.61 Å². The number of carboxylic acids is 1. The Hall–Kier alpha value is -2.24. The van der Waals surface area contributed by atoms with Crippen LogP contribution in [0.5, 0.6) is 11.5 Å². The second kappa shape index (κ2) is 7.85. The second-order valence-electron chi connectivity index (χ2n) is 5.89. The highest BCUT2D eigenvalue weighted by molar-refractivity contribution is 5.80. The van der Waals surface area contributed by atoms with Crippen molar-refractivity contribution in [3.63, 3.8) is 0 Å². The summed E-state index contributed by atoms with van der Waals surface area (Å²) in [4.78, 5) is 23.4. The van der Waals surface area contributed by atoms with Crippen molar-refractivity contribution >= 4 is 11.9 Å². The lowest BCUT2D eigenvalue weighted by molar-refractivity contribution is -0.151. The molecule has 0 unspecified atom stereocenters. The molecule has 1 aliphatic carbocycles. The van der Waals surface area contributed by atoms with E-state index < -0.39 is 11.4 Å². The molecule has 23 heavy (non-hydrogen) atoms. The molecule has 1 amide bonds. The first kappa shape index (κ1) is 17.1. The second-order valence-corrected chi connectivity index (χ2v) is 5.89. The molecule has 0 atom stereocenters. The number of ether oxygens (including phenoxy) is 2. The number of carbonyl (C=O) groups excluding carboxylic acids is 1. The Balaban J connectivity index is 1.80. The number of hydrogen-bond acceptors (Lipinski definition) is 4. The lowest BCUT2D eigenvalue weighted by Gasteiger charge is -2.33. The minimum Gasteiger partial charge on any atom is -0.497 e. The van der Waals surface area contributed by atoms with E-state index in [1.165, 1.54) is 0 Å². The lowest BCUT2D eigenvalue weighted by Crippen LogP contribution is -2.45. The SMILES string of the molecule is COc1ccc(OCC(=O)NCC2(C(=O)O)CCCCC2)cc1. The quantitative estimate of drug-likeness (QED) is 0.804. The van der Waals surface area contributed by atoms with Gasteiger partial charge in [-0.3, -0.25) is 9.59 Å². The van der Waals surface area contributed by atoms with Crippen LogP contribution in [0.1, 0.15) is 32.1 Å². The van der Waals surface area contributed by atoms with Gasteiger partial charge in [0.25, 0.3) is 5.91 Å². The van der Waals surface area contributed by atoms with E-state index in [1.54, 1.807) is 31.4 Å². The Bertz CT molecular complexity index is 534. The number of hydrogen-bond donors (Lipinski definition) is 2. The van der Waals surface area contributed by atoms with Crippen LogP contribution < -0.4 is 14.8 Å². The normalized spacial score (nSPS) is 16.4. The minimum atomic E-state index is -0.825. The van der Waals surface area contributed by atoms with E-state index in [2.05, 4.69) is 5.32 Å². The van der Waals surface area contributed by atoms with E-state index >= 15 is 0 Å². The van der Waals surface area contributed by atoms with Crippen molar-refractivity contribution in [2.24, 2.45) is 5.41 Å². The fourth-order valence-corrected chi connectivity index (χ4v) is 2.83. The number of nitrogens with one attached hydrogen (secondary N) is 1. The van der Waals surface area contributed by atoms with Crippen LogP contribution in [0.25, 0.3) is 0 Å². The number of carbonyl (C=O) groups is 2. The maximum atomic E-state index is 11.9. The zero-order chi connectivity index (χ0) is 16.7. The highest BCUT2D eigenvalue weighted by atomic mass is 16.5. The molecule has 0 radical (unpaired) electrons. The Morgan fingerprint density at radius 1 is 1.13 bits per heavy atom. The Morgan fingerprint density at radius 2 is 1.74 bits per heavy atom. The van der Waals surface area contributed by atoms with Gasteiger partial charge in [-0.2, -0.15) is 0 Å². The van der Waals surface area contributed by atoms with Gasteiger partial charge in [-0.05, 0) is 37.1 Å². The average Bonchev–Trinajstić information content (AvgIpc) is 2.59. The van der Waals surface area contributed by atoms with Crippen molar-refractivity contribution < 1.29 is 24.2 Å². The summed E-state index contributed by atoms with van der Waals surface area (Å²) in [5.41, 5.74) is -0.825. The van der Waals surface area contributed by atoms with Gasteiger partial charge in [0.05, 0.1) is 12.5 Å². The zero-order valence-corrected chi connectivity index (χ0v) is 13.3. The van der Waals surface area contributed by atoms with Gasteiger partial charge in [-0.1, -0.05) is 19.3 Å². The number of rotatable bonds is 7. The van der Waals surface area contributed by atoms with Crippen molar-refractivity contribution in [2.75, 3.05) is 20.3 Å². The molecule has 0 bridgehead atoms. The molecule has 2 rings (SSSR count). The summed E-state index contributed by atoms with van der Waals surface area (Å²) >= 11 is 0. The smallest absolute Gasteiger partial charge is 0.311 e. The van der Waals surface area contributed by atoms with Crippen molar-refractivity contribution in [3.8, 4) is 11.5 Å². The average molecular weight is 321 g/mol. The molecule has 126 valence electrons. The Labute approximate surface area is 135 Å². The van der Waals surface area contributed by atoms with Crippen LogP contribution in [0.15, 0.2) is 24.3 Å². The molecule has 6 nitrogen and oxygen atoms in total. The van der Waals surface area contributed by atoms with E-state index in [1.807, 2.05) is 0 Å². The third-order valence-electron chi connectivity index (χ3n) is 4.32. The molecule has 1 aromatic carbocycles. The molecule has 0 heterocycles. The van der Waals surface area contributed by atoms with Gasteiger partial charge >= 0.3 is 5.97 Å². The van der Waals surface area contributed by atoms with E-state index in [-0.39, 0.29) is 19.1 Å². The van der Waals surface area contributed by atoms with Crippen LogP contribution in [-0.2, 0) is 9.59 Å². The number of benzene rings is 1. The highest BCUT2D eigenvalue weighted by Crippen LogP contribution is 2.35. The van der Waals surface area contributed by atoms with Gasteiger partial charge in [0, 0.05) is 6.54 Å². The monoisotopic (exact) mass is 321 g/mol. The summed E-state index contributed by atoms with van der Waals surface area (Å²) in [5, 5.41) is 12.2. The minimum absolute atomic E-state index is 0.137. The molecule has 0 spiro atoms. The maximum Gasteiger partial charge on any atom is 0.311 e. The number of methoxy groups -OCH3 is 1. The van der Waals surface area contributed by atoms with Crippen LogP contribution in [0, 0.1) is 5.41 Å². The van der Waals surface area contributed by atoms with Crippen molar-refractivity contribution in [2.45, 2.75) is 32.1 Å². The molecule has 1 fully saturated rings. The highest BCUT2D eigenvalue weighted by Gasteiger charge is 2.39. The predicted molar refractivity (Wildman–Crippen MR) is 84.7 cm³/mol. The Morgan fingerprint density at radius 3 is 2.30 bits per heavy atom. The van der Waals surface area contributed by atoms with Crippen LogP contribution in [0.2, 0.25) is 0 Å². The molecular formula is C17H23NO5.